The number of rotatable bonds is 5. The number of halogens is 1. The molecule has 2 aliphatic rings. The van der Waals surface area contributed by atoms with E-state index in [-0.39, 0.29) is 0 Å². The predicted octanol–water partition coefficient (Wildman–Crippen LogP) is 1.07. The Balaban J connectivity index is 1.66. The molecule has 1 aromatic carbocycles. The van der Waals surface area contributed by atoms with Crippen molar-refractivity contribution in [2.24, 2.45) is 0 Å². The molecule has 0 aromatic heterocycles. The first-order chi connectivity index (χ1) is 10.6. The quantitative estimate of drug-likeness (QED) is 0.817. The van der Waals surface area contributed by atoms with Crippen LogP contribution in [-0.4, -0.2) is 64.5 Å². The molecule has 2 heterocycles. The average Bonchev–Trinajstić information content (AvgIpc) is 2.43. The third kappa shape index (κ3) is 3.54. The van der Waals surface area contributed by atoms with Gasteiger partial charge in [0.25, 0.3) is 0 Å². The Kier molecular flexibility index (Phi) is 5.19. The Morgan fingerprint density at radius 3 is 2.59 bits per heavy atom. The second kappa shape index (κ2) is 6.97. The lowest BCUT2D eigenvalue weighted by Crippen LogP contribution is -2.44. The maximum absolute atomic E-state index is 12.4. The van der Waals surface area contributed by atoms with Gasteiger partial charge in [0.15, 0.2) is 9.84 Å². The van der Waals surface area contributed by atoms with Gasteiger partial charge in [-0.3, -0.25) is 0 Å². The molecule has 5 nitrogen and oxygen atoms in total. The summed E-state index contributed by atoms with van der Waals surface area (Å²) in [5, 5.41) is 2.95. The second-order valence-electron chi connectivity index (χ2n) is 5.81. The van der Waals surface area contributed by atoms with Gasteiger partial charge >= 0.3 is 0 Å². The summed E-state index contributed by atoms with van der Waals surface area (Å²) in [6, 6.07) is 5.60. The number of sulfone groups is 1. The number of nitrogens with zero attached hydrogens (tertiary/aromatic N) is 1. The third-order valence-electron chi connectivity index (χ3n) is 4.28. The summed E-state index contributed by atoms with van der Waals surface area (Å²) in [6.07, 6.45) is 0.936. The molecular formula is C15H21BrN2O3S. The van der Waals surface area contributed by atoms with Gasteiger partial charge in [0.05, 0.1) is 18.1 Å². The summed E-state index contributed by atoms with van der Waals surface area (Å²) in [4.78, 5) is 2.81. The highest BCUT2D eigenvalue weighted by atomic mass is 79.9. The van der Waals surface area contributed by atoms with Crippen LogP contribution in [0.4, 0.5) is 0 Å². The summed E-state index contributed by atoms with van der Waals surface area (Å²) in [5.74, 6) is 0. The molecule has 122 valence electrons. The Morgan fingerprint density at radius 2 is 2.00 bits per heavy atom. The monoisotopic (exact) mass is 388 g/mol. The molecule has 0 saturated carbocycles. The molecule has 1 aromatic rings. The Hall–Kier alpha value is -0.470. The van der Waals surface area contributed by atoms with Gasteiger partial charge in [-0.15, -0.1) is 0 Å². The lowest BCUT2D eigenvalue weighted by atomic mass is 10.1. The Morgan fingerprint density at radius 1 is 1.27 bits per heavy atom. The van der Waals surface area contributed by atoms with Crippen molar-refractivity contribution < 1.29 is 13.2 Å². The minimum Gasteiger partial charge on any atom is -0.379 e. The first-order valence-corrected chi connectivity index (χ1v) is 9.94. The molecule has 0 unspecified atom stereocenters. The normalized spacial score (nSPS) is 20.8. The number of nitrogens with one attached hydrogen (secondary N) is 1. The van der Waals surface area contributed by atoms with Gasteiger partial charge in [-0.2, -0.15) is 0 Å². The number of piperazine rings is 1. The first-order valence-electron chi connectivity index (χ1n) is 7.60. The van der Waals surface area contributed by atoms with Crippen molar-refractivity contribution >= 4 is 25.8 Å². The van der Waals surface area contributed by atoms with Crippen LogP contribution < -0.4 is 5.32 Å². The smallest absolute Gasteiger partial charge is 0.186 e. The van der Waals surface area contributed by atoms with E-state index in [1.54, 1.807) is 6.07 Å². The van der Waals surface area contributed by atoms with Crippen molar-refractivity contribution in [3.8, 4) is 0 Å². The molecule has 3 rings (SSSR count). The lowest BCUT2D eigenvalue weighted by molar-refractivity contribution is 0.0416. The Bertz CT molecular complexity index is 626. The fourth-order valence-corrected chi connectivity index (χ4v) is 5.33. The van der Waals surface area contributed by atoms with Crippen LogP contribution in [-0.2, 0) is 21.0 Å². The van der Waals surface area contributed by atoms with Gasteiger partial charge in [0.1, 0.15) is 5.25 Å². The van der Waals surface area contributed by atoms with Crippen molar-refractivity contribution in [2.75, 3.05) is 45.9 Å². The Labute approximate surface area is 140 Å². The van der Waals surface area contributed by atoms with Crippen molar-refractivity contribution in [1.29, 1.82) is 0 Å². The molecule has 0 amide bonds. The van der Waals surface area contributed by atoms with E-state index in [4.69, 9.17) is 4.74 Å². The van der Waals surface area contributed by atoms with Crippen molar-refractivity contribution in [3.05, 3.63) is 28.2 Å². The maximum atomic E-state index is 12.4. The highest BCUT2D eigenvalue weighted by Crippen LogP contribution is 2.29. The number of benzene rings is 1. The molecule has 0 aliphatic carbocycles. The standard InChI is InChI=1S/C15H21BrN2O3S/c16-14-9-12(3-6-18-7-4-17-5-8-18)1-2-15(14)22(19,20)13-10-21-11-13/h1-2,9,13,17H,3-8,10-11H2. The summed E-state index contributed by atoms with van der Waals surface area (Å²) < 4.78 is 30.5. The molecule has 2 saturated heterocycles. The van der Waals surface area contributed by atoms with Crippen LogP contribution in [0.2, 0.25) is 0 Å². The van der Waals surface area contributed by atoms with E-state index in [1.165, 1.54) is 0 Å². The summed E-state index contributed by atoms with van der Waals surface area (Å²) in [5.41, 5.74) is 1.16. The van der Waals surface area contributed by atoms with Crippen LogP contribution in [0.1, 0.15) is 5.56 Å². The molecule has 1 N–H and O–H groups in total. The van der Waals surface area contributed by atoms with Crippen LogP contribution in [0, 0.1) is 0 Å². The van der Waals surface area contributed by atoms with E-state index in [0.29, 0.717) is 22.6 Å². The topological polar surface area (TPSA) is 58.6 Å². The van der Waals surface area contributed by atoms with Crippen LogP contribution in [0.25, 0.3) is 0 Å². The third-order valence-corrected chi connectivity index (χ3v) is 7.31. The van der Waals surface area contributed by atoms with Gasteiger partial charge in [0, 0.05) is 37.2 Å². The van der Waals surface area contributed by atoms with Gasteiger partial charge in [-0.1, -0.05) is 6.07 Å². The molecule has 0 radical (unpaired) electrons. The fraction of sp³-hybridized carbons (Fsp3) is 0.600. The highest BCUT2D eigenvalue weighted by molar-refractivity contribution is 9.10. The largest absolute Gasteiger partial charge is 0.379 e. The van der Waals surface area contributed by atoms with E-state index < -0.39 is 15.1 Å². The van der Waals surface area contributed by atoms with Crippen molar-refractivity contribution in [3.63, 3.8) is 0 Å². The summed E-state index contributed by atoms with van der Waals surface area (Å²) >= 11 is 3.43. The molecule has 7 heteroatoms. The maximum Gasteiger partial charge on any atom is 0.186 e. The van der Waals surface area contributed by atoms with E-state index in [9.17, 15) is 8.42 Å². The minimum atomic E-state index is -3.28. The lowest BCUT2D eigenvalue weighted by Gasteiger charge is -2.27. The fourth-order valence-electron chi connectivity index (χ4n) is 2.73. The molecule has 0 spiro atoms. The van der Waals surface area contributed by atoms with E-state index in [2.05, 4.69) is 26.1 Å². The van der Waals surface area contributed by atoms with E-state index in [0.717, 1.165) is 44.7 Å². The SMILES string of the molecule is O=S(=O)(c1ccc(CCN2CCNCC2)cc1Br)C1COC1. The number of hydrogen-bond acceptors (Lipinski definition) is 5. The summed E-state index contributed by atoms with van der Waals surface area (Å²) in [6.45, 7) is 5.87. The highest BCUT2D eigenvalue weighted by Gasteiger charge is 2.35. The zero-order valence-corrected chi connectivity index (χ0v) is 14.8. The zero-order chi connectivity index (χ0) is 15.6. The van der Waals surface area contributed by atoms with Gasteiger partial charge in [-0.05, 0) is 40.0 Å². The van der Waals surface area contributed by atoms with Crippen LogP contribution in [0.15, 0.2) is 27.6 Å². The molecule has 0 atom stereocenters. The molecule has 2 fully saturated rings. The van der Waals surface area contributed by atoms with E-state index in [1.807, 2.05) is 12.1 Å². The van der Waals surface area contributed by atoms with Crippen molar-refractivity contribution in [1.82, 2.24) is 10.2 Å². The first kappa shape index (κ1) is 16.4. The molecular weight excluding hydrogens is 368 g/mol. The molecule has 0 bridgehead atoms. The van der Waals surface area contributed by atoms with Crippen molar-refractivity contribution in [2.45, 2.75) is 16.6 Å². The minimum absolute atomic E-state index is 0.305. The van der Waals surface area contributed by atoms with Gasteiger partial charge in [-0.25, -0.2) is 8.42 Å². The molecule has 22 heavy (non-hydrogen) atoms. The van der Waals surface area contributed by atoms with Gasteiger partial charge < -0.3 is 15.0 Å². The second-order valence-corrected chi connectivity index (χ2v) is 8.86. The summed E-state index contributed by atoms with van der Waals surface area (Å²) in [7, 11) is -3.28. The number of ether oxygens (including phenoxy) is 1. The van der Waals surface area contributed by atoms with Crippen LogP contribution in [0.5, 0.6) is 0 Å². The number of hydrogen-bond donors (Lipinski definition) is 1. The van der Waals surface area contributed by atoms with Crippen LogP contribution >= 0.6 is 15.9 Å². The molecule has 2 aliphatic heterocycles. The predicted molar refractivity (Wildman–Crippen MR) is 88.9 cm³/mol. The zero-order valence-electron chi connectivity index (χ0n) is 12.4. The van der Waals surface area contributed by atoms with Gasteiger partial charge in [0.2, 0.25) is 0 Å². The average molecular weight is 389 g/mol. The van der Waals surface area contributed by atoms with Crippen LogP contribution in [0.3, 0.4) is 0 Å². The van der Waals surface area contributed by atoms with E-state index >= 15 is 0 Å².